The van der Waals surface area contributed by atoms with Crippen molar-refractivity contribution in [1.29, 1.82) is 0 Å². The molecule has 0 heterocycles. The Hall–Kier alpha value is -3.35. The summed E-state index contributed by atoms with van der Waals surface area (Å²) in [7, 11) is 0. The maximum Gasteiger partial charge on any atom is 0.407 e. The van der Waals surface area contributed by atoms with Crippen molar-refractivity contribution >= 4 is 18.0 Å². The third-order valence-electron chi connectivity index (χ3n) is 7.27. The molecular weight excluding hydrogens is 444 g/mol. The van der Waals surface area contributed by atoms with Crippen LogP contribution in [0.3, 0.4) is 0 Å². The van der Waals surface area contributed by atoms with Crippen molar-refractivity contribution in [3.05, 3.63) is 59.7 Å². The van der Waals surface area contributed by atoms with Crippen LogP contribution in [0.2, 0.25) is 0 Å². The molecule has 7 nitrogen and oxygen atoms in total. The Kier molecular flexibility index (Phi) is 7.43. The van der Waals surface area contributed by atoms with Gasteiger partial charge in [0, 0.05) is 12.5 Å². The van der Waals surface area contributed by atoms with Crippen LogP contribution in [-0.2, 0) is 14.3 Å². The van der Waals surface area contributed by atoms with Gasteiger partial charge in [-0.15, -0.1) is 0 Å². The Labute approximate surface area is 206 Å². The third-order valence-corrected chi connectivity index (χ3v) is 7.27. The summed E-state index contributed by atoms with van der Waals surface area (Å²) < 4.78 is 5.62. The largest absolute Gasteiger partial charge is 0.480 e. The summed E-state index contributed by atoms with van der Waals surface area (Å²) in [5.74, 6) is -1.24. The monoisotopic (exact) mass is 478 g/mol. The van der Waals surface area contributed by atoms with Gasteiger partial charge in [-0.25, -0.2) is 9.59 Å². The zero-order valence-electron chi connectivity index (χ0n) is 20.4. The first kappa shape index (κ1) is 24.8. The number of fused-ring (bicyclic) bond motifs is 3. The maximum atomic E-state index is 13.2. The highest BCUT2D eigenvalue weighted by atomic mass is 16.5. The summed E-state index contributed by atoms with van der Waals surface area (Å²) in [5, 5.41) is 15.0. The molecule has 1 fully saturated rings. The maximum absolute atomic E-state index is 13.2. The van der Waals surface area contributed by atoms with Crippen molar-refractivity contribution in [3.8, 4) is 11.1 Å². The van der Waals surface area contributed by atoms with Crippen LogP contribution in [-0.4, -0.2) is 42.3 Å². The highest BCUT2D eigenvalue weighted by molar-refractivity contribution is 5.88. The van der Waals surface area contributed by atoms with E-state index < -0.39 is 23.5 Å². The fourth-order valence-electron chi connectivity index (χ4n) is 5.43. The van der Waals surface area contributed by atoms with Crippen LogP contribution >= 0.6 is 0 Å². The molecule has 2 aromatic rings. The van der Waals surface area contributed by atoms with Gasteiger partial charge in [0.2, 0.25) is 5.91 Å². The minimum absolute atomic E-state index is 0.0377. The normalized spacial score (nSPS) is 16.9. The van der Waals surface area contributed by atoms with Gasteiger partial charge in [0.15, 0.2) is 0 Å². The number of rotatable bonds is 9. The number of hydrogen-bond acceptors (Lipinski definition) is 4. The number of carboxylic acid groups (broad SMARTS) is 1. The van der Waals surface area contributed by atoms with Crippen molar-refractivity contribution < 1.29 is 24.2 Å². The summed E-state index contributed by atoms with van der Waals surface area (Å²) in [6.45, 7) is 4.18. The van der Waals surface area contributed by atoms with E-state index in [2.05, 4.69) is 34.9 Å². The molecule has 2 aliphatic rings. The second-order valence-electron chi connectivity index (χ2n) is 10.2. The van der Waals surface area contributed by atoms with E-state index in [1.54, 1.807) is 0 Å². The molecule has 0 bridgehead atoms. The van der Waals surface area contributed by atoms with E-state index in [4.69, 9.17) is 4.74 Å². The van der Waals surface area contributed by atoms with E-state index in [9.17, 15) is 19.5 Å². The smallest absolute Gasteiger partial charge is 0.407 e. The highest BCUT2D eigenvalue weighted by Gasteiger charge is 2.43. The fourth-order valence-corrected chi connectivity index (χ4v) is 5.43. The van der Waals surface area contributed by atoms with Crippen LogP contribution in [0, 0.1) is 11.3 Å². The first-order valence-electron chi connectivity index (χ1n) is 12.4. The van der Waals surface area contributed by atoms with Gasteiger partial charge in [0.1, 0.15) is 12.6 Å². The van der Waals surface area contributed by atoms with Crippen molar-refractivity contribution in [2.75, 3.05) is 13.2 Å². The molecule has 4 rings (SSSR count). The van der Waals surface area contributed by atoms with E-state index >= 15 is 0 Å². The minimum atomic E-state index is -1.04. The van der Waals surface area contributed by atoms with E-state index in [1.165, 1.54) is 0 Å². The summed E-state index contributed by atoms with van der Waals surface area (Å²) >= 11 is 0. The lowest BCUT2D eigenvalue weighted by atomic mass is 9.84. The zero-order valence-corrected chi connectivity index (χ0v) is 20.4. The number of carbonyl (C=O) groups excluding carboxylic acids is 2. The molecule has 3 N–H and O–H groups in total. The topological polar surface area (TPSA) is 105 Å². The van der Waals surface area contributed by atoms with Crippen molar-refractivity contribution in [2.45, 2.75) is 57.9 Å². The molecule has 2 amide bonds. The molecule has 2 aliphatic carbocycles. The Bertz CT molecular complexity index is 1040. The molecule has 0 radical (unpaired) electrons. The minimum Gasteiger partial charge on any atom is -0.480 e. The number of alkyl carbamates (subject to hydrolysis) is 1. The van der Waals surface area contributed by atoms with E-state index in [1.807, 2.05) is 38.1 Å². The molecule has 2 aromatic carbocycles. The second-order valence-corrected chi connectivity index (χ2v) is 10.2. The van der Waals surface area contributed by atoms with Gasteiger partial charge in [-0.2, -0.15) is 0 Å². The van der Waals surface area contributed by atoms with Gasteiger partial charge in [0.05, 0.1) is 5.41 Å². The summed E-state index contributed by atoms with van der Waals surface area (Å²) in [5.41, 5.74) is 3.79. The molecule has 0 spiro atoms. The first-order chi connectivity index (χ1) is 16.8. The third kappa shape index (κ3) is 5.34. The number of carboxylic acids is 1. The van der Waals surface area contributed by atoms with Gasteiger partial charge in [-0.05, 0) is 47.4 Å². The van der Waals surface area contributed by atoms with Crippen LogP contribution in [0.25, 0.3) is 11.1 Å². The van der Waals surface area contributed by atoms with Gasteiger partial charge < -0.3 is 20.5 Å². The zero-order chi connectivity index (χ0) is 25.0. The number of nitrogens with one attached hydrogen (secondary N) is 2. The molecule has 1 saturated carbocycles. The van der Waals surface area contributed by atoms with Gasteiger partial charge in [-0.3, -0.25) is 4.79 Å². The molecule has 0 aliphatic heterocycles. The average molecular weight is 479 g/mol. The Morgan fingerprint density at radius 3 is 2.11 bits per heavy atom. The predicted octanol–water partition coefficient (Wildman–Crippen LogP) is 4.70. The summed E-state index contributed by atoms with van der Waals surface area (Å²) in [4.78, 5) is 37.5. The van der Waals surface area contributed by atoms with Gasteiger partial charge in [-0.1, -0.05) is 75.2 Å². The molecule has 186 valence electrons. The van der Waals surface area contributed by atoms with Crippen molar-refractivity contribution in [2.24, 2.45) is 11.3 Å². The summed E-state index contributed by atoms with van der Waals surface area (Å²) in [6.07, 6.45) is 2.73. The van der Waals surface area contributed by atoms with Crippen LogP contribution < -0.4 is 10.6 Å². The van der Waals surface area contributed by atoms with Crippen LogP contribution in [0.15, 0.2) is 48.5 Å². The lowest BCUT2D eigenvalue weighted by molar-refractivity contribution is -0.144. The molecule has 0 aromatic heterocycles. The Morgan fingerprint density at radius 1 is 1.00 bits per heavy atom. The standard InChI is InChI=1S/C28H34N2O5/c1-18(2)15-24(25(31)32)30-26(33)28(13-7-8-14-28)17-29-27(34)35-16-23-21-11-5-3-9-19(21)20-10-4-6-12-22(20)23/h3-6,9-12,18,23-24H,7-8,13-17H2,1-2H3,(H,29,34)(H,30,33)(H,31,32)/t24-/m1/s1. The number of benzene rings is 2. The second kappa shape index (κ2) is 10.5. The van der Waals surface area contributed by atoms with Crippen LogP contribution in [0.5, 0.6) is 0 Å². The highest BCUT2D eigenvalue weighted by Crippen LogP contribution is 2.44. The number of ether oxygens (including phenoxy) is 1. The number of carbonyl (C=O) groups is 3. The lowest BCUT2D eigenvalue weighted by Crippen LogP contribution is -2.52. The van der Waals surface area contributed by atoms with Crippen molar-refractivity contribution in [1.82, 2.24) is 10.6 Å². The Balaban J connectivity index is 1.37. The number of aliphatic carboxylic acids is 1. The van der Waals surface area contributed by atoms with Crippen molar-refractivity contribution in [3.63, 3.8) is 0 Å². The SMILES string of the molecule is CC(C)C[C@@H](NC(=O)C1(CNC(=O)OCC2c3ccccc3-c3ccccc32)CCCC1)C(=O)O. The van der Waals surface area contributed by atoms with Crippen LogP contribution in [0.1, 0.15) is 63.0 Å². The molecule has 35 heavy (non-hydrogen) atoms. The lowest BCUT2D eigenvalue weighted by Gasteiger charge is -2.30. The fraction of sp³-hybridized carbons (Fsp3) is 0.464. The quantitative estimate of drug-likeness (QED) is 0.485. The average Bonchev–Trinajstić information content (AvgIpc) is 3.44. The molecule has 1 atom stereocenters. The van der Waals surface area contributed by atoms with Gasteiger partial charge in [0.25, 0.3) is 0 Å². The predicted molar refractivity (Wildman–Crippen MR) is 133 cm³/mol. The van der Waals surface area contributed by atoms with Crippen LogP contribution in [0.4, 0.5) is 4.79 Å². The number of amides is 2. The number of hydrogen-bond donors (Lipinski definition) is 3. The first-order valence-corrected chi connectivity index (χ1v) is 12.4. The summed E-state index contributed by atoms with van der Waals surface area (Å²) in [6, 6.07) is 15.4. The van der Waals surface area contributed by atoms with E-state index in [0.29, 0.717) is 19.3 Å². The molecule has 0 saturated heterocycles. The van der Waals surface area contributed by atoms with E-state index in [0.717, 1.165) is 35.1 Å². The molecule has 0 unspecified atom stereocenters. The van der Waals surface area contributed by atoms with Gasteiger partial charge >= 0.3 is 12.1 Å². The molecule has 7 heteroatoms. The van der Waals surface area contributed by atoms with E-state index in [-0.39, 0.29) is 30.9 Å². The molecular formula is C28H34N2O5. The Morgan fingerprint density at radius 2 is 1.57 bits per heavy atom.